The summed E-state index contributed by atoms with van der Waals surface area (Å²) >= 11 is 6.63. The number of H-pyrrole nitrogens is 1. The summed E-state index contributed by atoms with van der Waals surface area (Å²) in [4.78, 5) is 44.1. The number of hydrogen-bond acceptors (Lipinski definition) is 7. The molecule has 0 unspecified atom stereocenters. The van der Waals surface area contributed by atoms with Crippen LogP contribution in [0.1, 0.15) is 37.5 Å². The van der Waals surface area contributed by atoms with Crippen molar-refractivity contribution < 1.29 is 32.3 Å². The number of aromatic nitrogens is 2. The van der Waals surface area contributed by atoms with Gasteiger partial charge in [-0.1, -0.05) is 23.7 Å². The highest BCUT2D eigenvalue weighted by Crippen LogP contribution is 2.41. The fraction of sp³-hybridized carbons (Fsp3) is 0.400. The maximum Gasteiger partial charge on any atom is 0.416 e. The van der Waals surface area contributed by atoms with Crippen LogP contribution in [0.4, 0.5) is 22.8 Å². The molecule has 44 heavy (non-hydrogen) atoms. The molecule has 2 aliphatic rings. The number of piperazine rings is 1. The van der Waals surface area contributed by atoms with Crippen LogP contribution in [0.25, 0.3) is 16.5 Å². The summed E-state index contributed by atoms with van der Waals surface area (Å²) in [6, 6.07) is 8.68. The summed E-state index contributed by atoms with van der Waals surface area (Å²) in [7, 11) is 0. The zero-order valence-electron chi connectivity index (χ0n) is 24.3. The molecule has 0 radical (unpaired) electrons. The van der Waals surface area contributed by atoms with Gasteiger partial charge in [0.15, 0.2) is 0 Å². The molecular formula is C30H31ClF3N5O4S. The Hall–Kier alpha value is -3.55. The standard InChI is InChI=1S/C30H31ClF3N5O4S/c1-29(2,3)43-27(41)38-11-8-37(9-12-38)10-13-39-26(40)25(44-28(39)42)22(18-5-7-24-20(14-18)17-35-36-24)15-19-4-6-21(31)16-23(19)30(32,33)34/h4-7,14,16-17H,8-13,15H2,1-3H3,(H,35,36)/b25-22-. The third kappa shape index (κ3) is 7.22. The topological polar surface area (TPSA) is 98.8 Å². The molecule has 1 N–H and O–H groups in total. The number of alkyl halides is 3. The van der Waals surface area contributed by atoms with E-state index in [9.17, 15) is 27.6 Å². The largest absolute Gasteiger partial charge is 0.444 e. The Bertz CT molecular complexity index is 1630. The lowest BCUT2D eigenvalue weighted by molar-refractivity contribution is -0.138. The van der Waals surface area contributed by atoms with Gasteiger partial charge in [-0.05, 0) is 79.9 Å². The molecule has 0 aliphatic carbocycles. The van der Waals surface area contributed by atoms with Crippen LogP contribution in [0, 0.1) is 0 Å². The zero-order valence-corrected chi connectivity index (χ0v) is 25.9. The third-order valence-corrected chi connectivity index (χ3v) is 8.58. The predicted octanol–water partition coefficient (Wildman–Crippen LogP) is 6.44. The van der Waals surface area contributed by atoms with Crippen LogP contribution in [0.3, 0.4) is 0 Å². The van der Waals surface area contributed by atoms with Gasteiger partial charge in [-0.2, -0.15) is 18.3 Å². The summed E-state index contributed by atoms with van der Waals surface area (Å²) in [5.41, 5.74) is -0.0482. The molecule has 3 aromatic rings. The van der Waals surface area contributed by atoms with Crippen LogP contribution in [0.2, 0.25) is 5.02 Å². The molecule has 0 atom stereocenters. The van der Waals surface area contributed by atoms with E-state index >= 15 is 0 Å². The highest BCUT2D eigenvalue weighted by Gasteiger charge is 2.39. The Kier molecular flexibility index (Phi) is 9.01. The molecule has 1 aromatic heterocycles. The van der Waals surface area contributed by atoms with Crippen LogP contribution in [-0.4, -0.2) is 87.0 Å². The van der Waals surface area contributed by atoms with Crippen molar-refractivity contribution in [3.05, 3.63) is 69.2 Å². The Morgan fingerprint density at radius 3 is 2.45 bits per heavy atom. The van der Waals surface area contributed by atoms with E-state index in [1.165, 1.54) is 12.1 Å². The number of carbonyl (C=O) groups excluding carboxylic acids is 3. The van der Waals surface area contributed by atoms with Gasteiger partial charge < -0.3 is 9.64 Å². The molecule has 9 nitrogen and oxygen atoms in total. The molecule has 0 spiro atoms. The van der Waals surface area contributed by atoms with Gasteiger partial charge in [0.25, 0.3) is 11.1 Å². The van der Waals surface area contributed by atoms with Gasteiger partial charge in [-0.25, -0.2) is 4.79 Å². The average Bonchev–Trinajstić information content (AvgIpc) is 3.53. The lowest BCUT2D eigenvalue weighted by Gasteiger charge is -2.35. The summed E-state index contributed by atoms with van der Waals surface area (Å²) in [5, 5.41) is 6.99. The van der Waals surface area contributed by atoms with Crippen molar-refractivity contribution in [2.24, 2.45) is 0 Å². The number of nitrogens with zero attached hydrogens (tertiary/aromatic N) is 4. The highest BCUT2D eigenvalue weighted by molar-refractivity contribution is 8.18. The monoisotopic (exact) mass is 649 g/mol. The van der Waals surface area contributed by atoms with Crippen LogP contribution in [0.15, 0.2) is 47.5 Å². The van der Waals surface area contributed by atoms with E-state index in [4.69, 9.17) is 16.3 Å². The van der Waals surface area contributed by atoms with Crippen molar-refractivity contribution in [3.63, 3.8) is 0 Å². The number of rotatable bonds is 6. The van der Waals surface area contributed by atoms with Crippen molar-refractivity contribution >= 4 is 57.1 Å². The SMILES string of the molecule is CC(C)(C)OC(=O)N1CCN(CCN2C(=O)S/C(=C(/Cc3ccc(Cl)cc3C(F)(F)F)c3ccc4[nH]ncc4c3)C2=O)CC1. The molecular weight excluding hydrogens is 619 g/mol. The Morgan fingerprint density at radius 1 is 1.05 bits per heavy atom. The van der Waals surface area contributed by atoms with E-state index in [1.54, 1.807) is 50.1 Å². The number of thioether (sulfide) groups is 1. The Balaban J connectivity index is 1.37. The summed E-state index contributed by atoms with van der Waals surface area (Å²) in [6.07, 6.45) is -3.73. The van der Waals surface area contributed by atoms with E-state index < -0.39 is 28.5 Å². The van der Waals surface area contributed by atoms with Gasteiger partial charge in [0, 0.05) is 49.7 Å². The fourth-order valence-corrected chi connectivity index (χ4v) is 6.24. The van der Waals surface area contributed by atoms with Gasteiger partial charge >= 0.3 is 12.3 Å². The molecule has 2 fully saturated rings. The van der Waals surface area contributed by atoms with Gasteiger partial charge in [-0.15, -0.1) is 0 Å². The summed E-state index contributed by atoms with van der Waals surface area (Å²) in [6.45, 7) is 7.87. The van der Waals surface area contributed by atoms with E-state index in [1.807, 2.05) is 4.90 Å². The third-order valence-electron chi connectivity index (χ3n) is 7.32. The van der Waals surface area contributed by atoms with Crippen molar-refractivity contribution in [2.45, 2.75) is 39.0 Å². The van der Waals surface area contributed by atoms with Crippen LogP contribution >= 0.6 is 23.4 Å². The Morgan fingerprint density at radius 2 is 1.77 bits per heavy atom. The molecule has 3 amide bonds. The number of fused-ring (bicyclic) bond motifs is 1. The Labute approximate surface area is 261 Å². The van der Waals surface area contributed by atoms with Crippen LogP contribution < -0.4 is 0 Å². The maximum absolute atomic E-state index is 14.0. The van der Waals surface area contributed by atoms with Gasteiger partial charge in [0.2, 0.25) is 0 Å². The lowest BCUT2D eigenvalue weighted by atomic mass is 9.93. The first-order valence-electron chi connectivity index (χ1n) is 14.0. The van der Waals surface area contributed by atoms with Gasteiger partial charge in [0.1, 0.15) is 5.60 Å². The van der Waals surface area contributed by atoms with E-state index in [-0.39, 0.29) is 34.6 Å². The molecule has 234 valence electrons. The van der Waals surface area contributed by atoms with Crippen molar-refractivity contribution in [2.75, 3.05) is 39.3 Å². The van der Waals surface area contributed by atoms with E-state index in [0.29, 0.717) is 49.2 Å². The number of halogens is 4. The minimum absolute atomic E-state index is 0.0605. The first kappa shape index (κ1) is 31.9. The minimum atomic E-state index is -4.67. The van der Waals surface area contributed by atoms with Crippen molar-refractivity contribution in [1.29, 1.82) is 0 Å². The number of amides is 3. The van der Waals surface area contributed by atoms with Gasteiger partial charge in [-0.3, -0.25) is 24.5 Å². The molecule has 0 saturated carbocycles. The second-order valence-corrected chi connectivity index (χ2v) is 13.0. The second kappa shape index (κ2) is 12.4. The maximum atomic E-state index is 14.0. The predicted molar refractivity (Wildman–Crippen MR) is 162 cm³/mol. The number of allylic oxidation sites excluding steroid dienone is 1. The van der Waals surface area contributed by atoms with Crippen LogP contribution in [-0.2, 0) is 22.1 Å². The zero-order chi connectivity index (χ0) is 31.8. The number of carbonyl (C=O) groups is 3. The molecule has 14 heteroatoms. The molecule has 2 aromatic carbocycles. The average molecular weight is 650 g/mol. The lowest BCUT2D eigenvalue weighted by Crippen LogP contribution is -2.51. The first-order valence-corrected chi connectivity index (χ1v) is 15.2. The van der Waals surface area contributed by atoms with Crippen molar-refractivity contribution in [3.8, 4) is 0 Å². The second-order valence-electron chi connectivity index (χ2n) is 11.6. The molecule has 3 heterocycles. The van der Waals surface area contributed by atoms with Crippen LogP contribution in [0.5, 0.6) is 0 Å². The smallest absolute Gasteiger partial charge is 0.416 e. The number of hydrogen-bond donors (Lipinski definition) is 1. The molecule has 2 aliphatic heterocycles. The molecule has 0 bridgehead atoms. The molecule has 2 saturated heterocycles. The number of ether oxygens (including phenoxy) is 1. The number of imide groups is 1. The number of nitrogens with one attached hydrogen (secondary N) is 1. The molecule has 5 rings (SSSR count). The van der Waals surface area contributed by atoms with E-state index in [2.05, 4.69) is 10.2 Å². The number of aromatic amines is 1. The quantitative estimate of drug-likeness (QED) is 0.307. The first-order chi connectivity index (χ1) is 20.7. The number of benzene rings is 2. The fourth-order valence-electron chi connectivity index (χ4n) is 5.10. The van der Waals surface area contributed by atoms with E-state index in [0.717, 1.165) is 28.2 Å². The minimum Gasteiger partial charge on any atom is -0.444 e. The summed E-state index contributed by atoms with van der Waals surface area (Å²) < 4.78 is 47.4. The highest BCUT2D eigenvalue weighted by atomic mass is 35.5. The van der Waals surface area contributed by atoms with Crippen molar-refractivity contribution in [1.82, 2.24) is 24.9 Å². The normalized spacial score (nSPS) is 18.0. The van der Waals surface area contributed by atoms with Gasteiger partial charge in [0.05, 0.1) is 22.2 Å². The summed E-state index contributed by atoms with van der Waals surface area (Å²) in [5.74, 6) is -0.558.